The van der Waals surface area contributed by atoms with Crippen molar-refractivity contribution >= 4 is 113 Å². The molecule has 234 valence electrons. The van der Waals surface area contributed by atoms with E-state index in [-0.39, 0.29) is 0 Å². The summed E-state index contributed by atoms with van der Waals surface area (Å²) in [4.78, 5) is 2.42. The predicted molar refractivity (Wildman–Crippen MR) is 219 cm³/mol. The van der Waals surface area contributed by atoms with E-state index >= 15 is 0 Å². The fourth-order valence-corrected chi connectivity index (χ4v) is 10.1. The Kier molecular flexibility index (Phi) is 6.03. The molecule has 0 aliphatic carbocycles. The molecule has 11 rings (SSSR count). The molecular weight excluding hydrogens is 645 g/mol. The maximum Gasteiger partial charge on any atom is 0.0547 e. The minimum absolute atomic E-state index is 1.12. The Morgan fingerprint density at radius 1 is 0.360 bits per heavy atom. The number of rotatable bonds is 4. The first-order chi connectivity index (χ1) is 24.8. The van der Waals surface area contributed by atoms with Crippen LogP contribution in [0.15, 0.2) is 170 Å². The SMILES string of the molecule is c1ccc2c(c1)ccc1c2c2ccccc2n1-c1ccc(N(c2ccc3c(c2)sc2ccccc23)c2ccc3sc4ccccc4c3c2)cc1. The van der Waals surface area contributed by atoms with Gasteiger partial charge < -0.3 is 9.47 Å². The summed E-state index contributed by atoms with van der Waals surface area (Å²) in [5, 5.41) is 10.4. The molecule has 0 radical (unpaired) electrons. The molecule has 2 nitrogen and oxygen atoms in total. The zero-order valence-corrected chi connectivity index (χ0v) is 28.5. The van der Waals surface area contributed by atoms with Gasteiger partial charge in [-0.1, -0.05) is 91.0 Å². The highest BCUT2D eigenvalue weighted by Crippen LogP contribution is 2.44. The van der Waals surface area contributed by atoms with Gasteiger partial charge in [-0.3, -0.25) is 0 Å². The summed E-state index contributed by atoms with van der Waals surface area (Å²) < 4.78 is 7.66. The van der Waals surface area contributed by atoms with Gasteiger partial charge in [0.1, 0.15) is 0 Å². The highest BCUT2D eigenvalue weighted by molar-refractivity contribution is 7.26. The first-order valence-electron chi connectivity index (χ1n) is 16.9. The summed E-state index contributed by atoms with van der Waals surface area (Å²) in [6.07, 6.45) is 0. The number of hydrogen-bond donors (Lipinski definition) is 0. The third kappa shape index (κ3) is 4.13. The van der Waals surface area contributed by atoms with E-state index < -0.39 is 0 Å². The van der Waals surface area contributed by atoms with Crippen LogP contribution in [0.5, 0.6) is 0 Å². The van der Waals surface area contributed by atoms with Gasteiger partial charge in [-0.2, -0.15) is 0 Å². The Bertz CT molecular complexity index is 3110. The van der Waals surface area contributed by atoms with Crippen molar-refractivity contribution in [3.05, 3.63) is 170 Å². The third-order valence-electron chi connectivity index (χ3n) is 10.2. The zero-order chi connectivity index (χ0) is 32.8. The third-order valence-corrected chi connectivity index (χ3v) is 12.5. The molecule has 3 heterocycles. The van der Waals surface area contributed by atoms with Gasteiger partial charge in [-0.25, -0.2) is 0 Å². The Morgan fingerprint density at radius 2 is 0.940 bits per heavy atom. The predicted octanol–water partition coefficient (Wildman–Crippen LogP) is 14.1. The maximum atomic E-state index is 2.42. The molecule has 0 saturated heterocycles. The van der Waals surface area contributed by atoms with Crippen molar-refractivity contribution < 1.29 is 0 Å². The van der Waals surface area contributed by atoms with Crippen molar-refractivity contribution in [3.63, 3.8) is 0 Å². The fourth-order valence-electron chi connectivity index (χ4n) is 7.92. The Balaban J connectivity index is 1.11. The number of thiophene rings is 2. The van der Waals surface area contributed by atoms with Crippen molar-refractivity contribution in [1.29, 1.82) is 0 Å². The van der Waals surface area contributed by atoms with Crippen LogP contribution >= 0.6 is 22.7 Å². The largest absolute Gasteiger partial charge is 0.310 e. The Hall–Kier alpha value is -5.94. The molecule has 8 aromatic carbocycles. The Morgan fingerprint density at radius 3 is 1.76 bits per heavy atom. The van der Waals surface area contributed by atoms with Gasteiger partial charge in [0.2, 0.25) is 0 Å². The van der Waals surface area contributed by atoms with Gasteiger partial charge in [-0.05, 0) is 89.6 Å². The Labute approximate surface area is 296 Å². The molecule has 0 spiro atoms. The van der Waals surface area contributed by atoms with Crippen molar-refractivity contribution in [2.24, 2.45) is 0 Å². The maximum absolute atomic E-state index is 2.42. The lowest BCUT2D eigenvalue weighted by Crippen LogP contribution is -2.10. The second kappa shape index (κ2) is 10.8. The minimum Gasteiger partial charge on any atom is -0.310 e. The second-order valence-corrected chi connectivity index (χ2v) is 15.1. The van der Waals surface area contributed by atoms with E-state index in [2.05, 4.69) is 179 Å². The molecule has 3 aromatic heterocycles. The molecule has 11 aromatic rings. The summed E-state index contributed by atoms with van der Waals surface area (Å²) in [5.41, 5.74) is 7.01. The molecule has 0 amide bonds. The lowest BCUT2D eigenvalue weighted by atomic mass is 10.0. The molecule has 0 aliphatic rings. The first kappa shape index (κ1) is 28.0. The summed E-state index contributed by atoms with van der Waals surface area (Å²) >= 11 is 3.73. The van der Waals surface area contributed by atoms with Gasteiger partial charge >= 0.3 is 0 Å². The number of benzene rings is 8. The van der Waals surface area contributed by atoms with Crippen LogP contribution in [0.4, 0.5) is 17.1 Å². The van der Waals surface area contributed by atoms with Crippen LogP contribution in [-0.2, 0) is 0 Å². The lowest BCUT2D eigenvalue weighted by molar-refractivity contribution is 1.17. The van der Waals surface area contributed by atoms with E-state index in [9.17, 15) is 0 Å². The van der Waals surface area contributed by atoms with Crippen molar-refractivity contribution in [3.8, 4) is 5.69 Å². The van der Waals surface area contributed by atoms with Crippen molar-refractivity contribution in [2.75, 3.05) is 4.90 Å². The molecule has 0 N–H and O–H groups in total. The van der Waals surface area contributed by atoms with Gasteiger partial charge in [0.05, 0.1) is 11.0 Å². The van der Waals surface area contributed by atoms with Crippen LogP contribution in [0.3, 0.4) is 0 Å². The van der Waals surface area contributed by atoms with Crippen LogP contribution in [-0.4, -0.2) is 4.57 Å². The van der Waals surface area contributed by atoms with Gasteiger partial charge in [0, 0.05) is 73.9 Å². The minimum atomic E-state index is 1.12. The van der Waals surface area contributed by atoms with Crippen LogP contribution in [0.2, 0.25) is 0 Å². The van der Waals surface area contributed by atoms with Crippen LogP contribution in [0, 0.1) is 0 Å². The van der Waals surface area contributed by atoms with E-state index in [1.165, 1.54) is 72.9 Å². The van der Waals surface area contributed by atoms with E-state index in [0.717, 1.165) is 22.7 Å². The van der Waals surface area contributed by atoms with Crippen molar-refractivity contribution in [1.82, 2.24) is 4.57 Å². The molecule has 0 atom stereocenters. The van der Waals surface area contributed by atoms with E-state index in [1.54, 1.807) is 0 Å². The second-order valence-electron chi connectivity index (χ2n) is 12.9. The topological polar surface area (TPSA) is 8.17 Å². The highest BCUT2D eigenvalue weighted by atomic mass is 32.1. The molecule has 50 heavy (non-hydrogen) atoms. The zero-order valence-electron chi connectivity index (χ0n) is 26.9. The average Bonchev–Trinajstić information content (AvgIpc) is 3.84. The fraction of sp³-hybridized carbons (Fsp3) is 0. The van der Waals surface area contributed by atoms with Gasteiger partial charge in [0.15, 0.2) is 0 Å². The summed E-state index contributed by atoms with van der Waals surface area (Å²) in [5.74, 6) is 0. The van der Waals surface area contributed by atoms with Crippen LogP contribution in [0.25, 0.3) is 78.6 Å². The van der Waals surface area contributed by atoms with Gasteiger partial charge in [-0.15, -0.1) is 22.7 Å². The van der Waals surface area contributed by atoms with Crippen LogP contribution < -0.4 is 4.90 Å². The average molecular weight is 673 g/mol. The van der Waals surface area contributed by atoms with Crippen LogP contribution in [0.1, 0.15) is 0 Å². The number of anilines is 3. The number of fused-ring (bicyclic) bond motifs is 11. The summed E-state index contributed by atoms with van der Waals surface area (Å²) in [6.45, 7) is 0. The molecule has 0 aliphatic heterocycles. The monoisotopic (exact) mass is 672 g/mol. The van der Waals surface area contributed by atoms with E-state index in [0.29, 0.717) is 0 Å². The number of hydrogen-bond acceptors (Lipinski definition) is 3. The van der Waals surface area contributed by atoms with Crippen molar-refractivity contribution in [2.45, 2.75) is 0 Å². The smallest absolute Gasteiger partial charge is 0.0547 e. The molecule has 0 saturated carbocycles. The summed E-state index contributed by atoms with van der Waals surface area (Å²) in [7, 11) is 0. The molecule has 0 fully saturated rings. The number of nitrogens with zero attached hydrogens (tertiary/aromatic N) is 2. The first-order valence-corrected chi connectivity index (χ1v) is 18.6. The quantitative estimate of drug-likeness (QED) is 0.181. The van der Waals surface area contributed by atoms with Gasteiger partial charge in [0.25, 0.3) is 0 Å². The molecule has 4 heteroatoms. The molecule has 0 unspecified atom stereocenters. The molecular formula is C46H28N2S2. The van der Waals surface area contributed by atoms with E-state index in [4.69, 9.17) is 0 Å². The summed E-state index contributed by atoms with van der Waals surface area (Å²) in [6, 6.07) is 62.5. The standard InChI is InChI=1S/C46H28N2S2/c1-2-10-34-29(9-1)17-25-41-46(34)38-13-3-6-14-40(38)48(41)31-20-18-30(19-21-31)47(32-23-26-44-39(27-32)36-12-5-8-16-43(36)49-44)33-22-24-37-35-11-4-7-15-42(35)50-45(37)28-33/h1-28H. The lowest BCUT2D eigenvalue weighted by Gasteiger charge is -2.26. The van der Waals surface area contributed by atoms with E-state index in [1.807, 2.05) is 22.7 Å². The number of aromatic nitrogens is 1. The molecule has 0 bridgehead atoms. The number of para-hydroxylation sites is 1. The highest BCUT2D eigenvalue weighted by Gasteiger charge is 2.18. The normalized spacial score (nSPS) is 12.0.